The van der Waals surface area contributed by atoms with Crippen LogP contribution in [0.25, 0.3) is 22.0 Å². The molecule has 208 valence electrons. The van der Waals surface area contributed by atoms with E-state index in [0.29, 0.717) is 29.6 Å². The monoisotopic (exact) mass is 770 g/mol. The third kappa shape index (κ3) is 5.65. The molecule has 0 spiro atoms. The van der Waals surface area contributed by atoms with Crippen molar-refractivity contribution in [2.45, 2.75) is 58.8 Å². The maximum atomic E-state index is 13.9. The Hall–Kier alpha value is -2.86. The molecule has 0 fully saturated rings. The van der Waals surface area contributed by atoms with Crippen LogP contribution in [0.5, 0.6) is 5.75 Å². The van der Waals surface area contributed by atoms with Crippen molar-refractivity contribution < 1.29 is 54.9 Å². The Balaban J connectivity index is 0.00000370. The van der Waals surface area contributed by atoms with Crippen molar-refractivity contribution in [3.05, 3.63) is 87.2 Å². The minimum atomic E-state index is -1.38. The zero-order valence-corrected chi connectivity index (χ0v) is 27.5. The van der Waals surface area contributed by atoms with Gasteiger partial charge in [0.25, 0.3) is 5.56 Å². The normalized spacial score (nSPS) is 13.8. The fourth-order valence-electron chi connectivity index (χ4n) is 5.45. The average molecular weight is 771 g/mol. The number of hydrogen-bond acceptors (Lipinski definition) is 4. The summed E-state index contributed by atoms with van der Waals surface area (Å²) in [4.78, 5) is 26.5. The predicted octanol–water partition coefficient (Wildman–Crippen LogP) is 5.77. The molecule has 1 aliphatic heterocycles. The van der Waals surface area contributed by atoms with Gasteiger partial charge in [-0.3, -0.25) is 4.79 Å². The molecule has 2 aromatic heterocycles. The zero-order chi connectivity index (χ0) is 28.1. The molecule has 3 heterocycles. The number of nitrogens with zero attached hydrogens (tertiary/aromatic N) is 2. The summed E-state index contributed by atoms with van der Waals surface area (Å²) in [6, 6.07) is 11.9. The second-order valence-corrected chi connectivity index (χ2v) is 11.1. The molecule has 1 atom stereocenters. The summed E-state index contributed by atoms with van der Waals surface area (Å²) in [6.07, 6.45) is 2.19. The fraction of sp³-hybridized carbons (Fsp3) is 0.355. The van der Waals surface area contributed by atoms with Crippen LogP contribution in [0.2, 0.25) is 0 Å². The van der Waals surface area contributed by atoms with Crippen molar-refractivity contribution >= 4 is 16.9 Å². The minimum absolute atomic E-state index is 0. The first-order valence-electron chi connectivity index (χ1n) is 13.1. The number of carboxylic acid groups (broad SMARTS) is 1. The Morgan fingerprint density at radius 3 is 2.50 bits per heavy atom. The van der Waals surface area contributed by atoms with Crippen LogP contribution in [0.15, 0.2) is 53.5 Å². The van der Waals surface area contributed by atoms with Crippen LogP contribution in [0.3, 0.4) is 0 Å². The molecular formula is C31H33FN2O5U. The molecule has 0 saturated carbocycles. The molecule has 4 aromatic rings. The molecule has 9 heteroatoms. The molecule has 1 aliphatic rings. The fourth-order valence-corrected chi connectivity index (χ4v) is 5.45. The Bertz CT molecular complexity index is 1630. The van der Waals surface area contributed by atoms with E-state index in [1.54, 1.807) is 40.0 Å². The van der Waals surface area contributed by atoms with Crippen LogP contribution in [0.1, 0.15) is 55.7 Å². The molecule has 0 amide bonds. The van der Waals surface area contributed by atoms with Gasteiger partial charge in [0.15, 0.2) is 6.10 Å². The second kappa shape index (κ2) is 11.6. The van der Waals surface area contributed by atoms with Crippen LogP contribution < -0.4 is 10.3 Å². The maximum Gasteiger partial charge on any atom is 0.339 e. The Kier molecular flexibility index (Phi) is 8.70. The van der Waals surface area contributed by atoms with E-state index in [4.69, 9.17) is 9.47 Å². The van der Waals surface area contributed by atoms with Gasteiger partial charge < -0.3 is 23.7 Å². The third-order valence-corrected chi connectivity index (χ3v) is 7.22. The smallest absolute Gasteiger partial charge is 0.339 e. The van der Waals surface area contributed by atoms with E-state index in [1.165, 1.54) is 16.7 Å². The first kappa shape index (κ1) is 30.1. The van der Waals surface area contributed by atoms with Crippen LogP contribution in [-0.2, 0) is 29.5 Å². The summed E-state index contributed by atoms with van der Waals surface area (Å²) in [5, 5.41) is 11.0. The summed E-state index contributed by atoms with van der Waals surface area (Å²) < 4.78 is 28.7. The van der Waals surface area contributed by atoms with E-state index < -0.39 is 17.7 Å². The first-order valence-corrected chi connectivity index (χ1v) is 13.1. The van der Waals surface area contributed by atoms with Gasteiger partial charge in [-0.15, -0.1) is 0 Å². The van der Waals surface area contributed by atoms with Crippen LogP contribution in [0, 0.1) is 43.9 Å². The van der Waals surface area contributed by atoms with Gasteiger partial charge in [-0.05, 0) is 87.1 Å². The molecule has 1 N–H and O–H groups in total. The molecule has 1 unspecified atom stereocenters. The number of hydrogen-bond donors (Lipinski definition) is 1. The molecule has 0 aliphatic carbocycles. The van der Waals surface area contributed by atoms with Crippen molar-refractivity contribution in [1.82, 2.24) is 9.13 Å². The van der Waals surface area contributed by atoms with Crippen molar-refractivity contribution in [3.8, 4) is 16.9 Å². The summed E-state index contributed by atoms with van der Waals surface area (Å²) in [5.41, 5.74) is 3.99. The summed E-state index contributed by atoms with van der Waals surface area (Å²) >= 11 is 0. The topological polar surface area (TPSA) is 82.7 Å². The summed E-state index contributed by atoms with van der Waals surface area (Å²) in [5.74, 6) is -0.672. The standard InChI is InChI=1S/C31H33FN2O5.U/c1-18-21-7-6-16-38-24(21)13-12-22(18)25-23-14-15-34(17-19-8-10-20(32)11-9-19)26(23)29(35)33(5)27(25)28(30(36)37)39-31(2,3)4;/h8-15,28H,6-7,16-17H2,1-5H3,(H,36,37);. The number of fused-ring (bicyclic) bond motifs is 2. The number of aliphatic carboxylic acids is 1. The van der Waals surface area contributed by atoms with Gasteiger partial charge in [-0.1, -0.05) is 18.2 Å². The predicted molar refractivity (Wildman–Crippen MR) is 148 cm³/mol. The van der Waals surface area contributed by atoms with Crippen molar-refractivity contribution in [2.24, 2.45) is 7.05 Å². The van der Waals surface area contributed by atoms with Crippen LogP contribution in [0.4, 0.5) is 4.39 Å². The molecule has 0 radical (unpaired) electrons. The van der Waals surface area contributed by atoms with E-state index in [-0.39, 0.29) is 48.2 Å². The Labute approximate surface area is 256 Å². The van der Waals surface area contributed by atoms with Gasteiger partial charge in [-0.25, -0.2) is 9.18 Å². The van der Waals surface area contributed by atoms with Gasteiger partial charge >= 0.3 is 5.97 Å². The molecular weight excluding hydrogens is 737 g/mol. The number of aromatic nitrogens is 2. The number of ether oxygens (including phenoxy) is 2. The maximum absolute atomic E-state index is 13.9. The number of carbonyl (C=O) groups is 1. The number of halogens is 1. The average Bonchev–Trinajstić information content (AvgIpc) is 3.30. The molecule has 0 bridgehead atoms. The van der Waals surface area contributed by atoms with E-state index in [0.717, 1.165) is 40.8 Å². The number of benzene rings is 2. The van der Waals surface area contributed by atoms with Gasteiger partial charge in [0, 0.05) is 61.9 Å². The van der Waals surface area contributed by atoms with E-state index in [1.807, 2.05) is 35.9 Å². The van der Waals surface area contributed by atoms with Crippen LogP contribution >= 0.6 is 0 Å². The molecule has 2 aromatic carbocycles. The molecule has 40 heavy (non-hydrogen) atoms. The first-order chi connectivity index (χ1) is 18.5. The Morgan fingerprint density at radius 2 is 1.85 bits per heavy atom. The van der Waals surface area contributed by atoms with E-state index in [2.05, 4.69) is 0 Å². The quantitative estimate of drug-likeness (QED) is 0.270. The van der Waals surface area contributed by atoms with Gasteiger partial charge in [-0.2, -0.15) is 0 Å². The molecule has 5 rings (SSSR count). The van der Waals surface area contributed by atoms with Crippen LogP contribution in [-0.4, -0.2) is 32.4 Å². The molecule has 7 nitrogen and oxygen atoms in total. The minimum Gasteiger partial charge on any atom is -0.493 e. The Morgan fingerprint density at radius 1 is 1.15 bits per heavy atom. The number of rotatable bonds is 6. The number of carboxylic acids is 1. The van der Waals surface area contributed by atoms with Gasteiger partial charge in [0.1, 0.15) is 17.1 Å². The third-order valence-electron chi connectivity index (χ3n) is 7.22. The van der Waals surface area contributed by atoms with E-state index >= 15 is 0 Å². The summed E-state index contributed by atoms with van der Waals surface area (Å²) in [7, 11) is 1.59. The van der Waals surface area contributed by atoms with Crippen molar-refractivity contribution in [3.63, 3.8) is 0 Å². The van der Waals surface area contributed by atoms with E-state index in [9.17, 15) is 19.1 Å². The number of pyridine rings is 1. The second-order valence-electron chi connectivity index (χ2n) is 11.1. The van der Waals surface area contributed by atoms with Crippen molar-refractivity contribution in [1.29, 1.82) is 0 Å². The van der Waals surface area contributed by atoms with Gasteiger partial charge in [0.2, 0.25) is 0 Å². The molecule has 0 saturated heterocycles. The largest absolute Gasteiger partial charge is 0.493 e. The summed E-state index contributed by atoms with van der Waals surface area (Å²) in [6.45, 7) is 8.41. The zero-order valence-electron chi connectivity index (χ0n) is 23.4. The van der Waals surface area contributed by atoms with Gasteiger partial charge in [0.05, 0.1) is 17.9 Å². The van der Waals surface area contributed by atoms with Crippen molar-refractivity contribution in [2.75, 3.05) is 6.61 Å². The SMILES string of the molecule is Cc1c(-c2c(C(OC(C)(C)C)C(=O)O)n(C)c(=O)c3c2ccn3Cc2ccc(F)cc2)ccc2c1CCCO2.[U].